The van der Waals surface area contributed by atoms with Gasteiger partial charge in [0.25, 0.3) is 0 Å². The summed E-state index contributed by atoms with van der Waals surface area (Å²) in [7, 11) is 0. The zero-order valence-corrected chi connectivity index (χ0v) is 11.2. The molecule has 0 saturated heterocycles. The number of fused-ring (bicyclic) bond motifs is 1. The molecular formula is C12H17N5O2. The van der Waals surface area contributed by atoms with Crippen LogP contribution in [0.4, 0.5) is 16.3 Å². The van der Waals surface area contributed by atoms with Gasteiger partial charge in [0.1, 0.15) is 17.6 Å². The summed E-state index contributed by atoms with van der Waals surface area (Å²) in [5.41, 5.74) is 7.36. The number of anilines is 1. The highest BCUT2D eigenvalue weighted by molar-refractivity contribution is 5.97. The Bertz CT molecular complexity index is 533. The number of carbonyl (C=O) groups excluding carboxylic acids is 1. The van der Waals surface area contributed by atoms with Gasteiger partial charge in [-0.15, -0.1) is 0 Å². The van der Waals surface area contributed by atoms with Crippen LogP contribution >= 0.6 is 0 Å². The number of carbonyl (C=O) groups is 1. The van der Waals surface area contributed by atoms with E-state index in [-0.39, 0.29) is 0 Å². The molecule has 7 heteroatoms. The zero-order chi connectivity index (χ0) is 14.0. The van der Waals surface area contributed by atoms with Gasteiger partial charge in [-0.2, -0.15) is 0 Å². The Labute approximate surface area is 111 Å². The van der Waals surface area contributed by atoms with Crippen LogP contribution in [0.5, 0.6) is 0 Å². The van der Waals surface area contributed by atoms with E-state index in [1.807, 2.05) is 20.8 Å². The van der Waals surface area contributed by atoms with E-state index in [0.717, 1.165) is 11.4 Å². The Balaban J connectivity index is 1.92. The van der Waals surface area contributed by atoms with Gasteiger partial charge >= 0.3 is 6.09 Å². The van der Waals surface area contributed by atoms with Gasteiger partial charge in [0.05, 0.1) is 12.2 Å². The Hall–Kier alpha value is -2.18. The minimum absolute atomic E-state index is 0.310. The van der Waals surface area contributed by atoms with Crippen molar-refractivity contribution in [1.82, 2.24) is 15.3 Å². The molecule has 0 spiro atoms. The SMILES string of the molecule is CC(C)(C)OC(=O)NCC1=Nc2c(N)ncnc2C1. The second-order valence-corrected chi connectivity index (χ2v) is 5.26. The van der Waals surface area contributed by atoms with Crippen LogP contribution in [0.15, 0.2) is 11.3 Å². The van der Waals surface area contributed by atoms with E-state index in [4.69, 9.17) is 10.5 Å². The van der Waals surface area contributed by atoms with Crippen LogP contribution < -0.4 is 11.1 Å². The fourth-order valence-electron chi connectivity index (χ4n) is 1.66. The third kappa shape index (κ3) is 3.40. The maximum absolute atomic E-state index is 11.5. The fourth-order valence-corrected chi connectivity index (χ4v) is 1.66. The van der Waals surface area contributed by atoms with Crippen LogP contribution in [0.25, 0.3) is 0 Å². The maximum Gasteiger partial charge on any atom is 0.407 e. The molecule has 0 unspecified atom stereocenters. The maximum atomic E-state index is 11.5. The minimum Gasteiger partial charge on any atom is -0.444 e. The van der Waals surface area contributed by atoms with E-state index in [1.165, 1.54) is 6.33 Å². The number of hydrogen-bond acceptors (Lipinski definition) is 6. The third-order valence-electron chi connectivity index (χ3n) is 2.40. The number of amides is 1. The smallest absolute Gasteiger partial charge is 0.407 e. The van der Waals surface area contributed by atoms with Crippen molar-refractivity contribution in [2.45, 2.75) is 32.8 Å². The first kappa shape index (κ1) is 13.3. The second kappa shape index (κ2) is 4.83. The number of rotatable bonds is 2. The Morgan fingerprint density at radius 3 is 2.84 bits per heavy atom. The molecule has 0 radical (unpaired) electrons. The Morgan fingerprint density at radius 2 is 2.21 bits per heavy atom. The lowest BCUT2D eigenvalue weighted by Crippen LogP contribution is -2.35. The van der Waals surface area contributed by atoms with Crippen molar-refractivity contribution < 1.29 is 9.53 Å². The van der Waals surface area contributed by atoms with Crippen LogP contribution in [0.3, 0.4) is 0 Å². The lowest BCUT2D eigenvalue weighted by molar-refractivity contribution is 0.0536. The van der Waals surface area contributed by atoms with Crippen molar-refractivity contribution in [1.29, 1.82) is 0 Å². The Morgan fingerprint density at radius 1 is 1.47 bits per heavy atom. The van der Waals surface area contributed by atoms with Crippen molar-refractivity contribution in [3.05, 3.63) is 12.0 Å². The van der Waals surface area contributed by atoms with Crippen molar-refractivity contribution in [2.24, 2.45) is 4.99 Å². The van der Waals surface area contributed by atoms with Crippen LogP contribution in [0.2, 0.25) is 0 Å². The lowest BCUT2D eigenvalue weighted by atomic mass is 10.2. The highest BCUT2D eigenvalue weighted by Crippen LogP contribution is 2.28. The van der Waals surface area contributed by atoms with Crippen molar-refractivity contribution in [3.63, 3.8) is 0 Å². The van der Waals surface area contributed by atoms with Crippen molar-refractivity contribution >= 4 is 23.3 Å². The molecule has 1 aromatic rings. The largest absolute Gasteiger partial charge is 0.444 e. The highest BCUT2D eigenvalue weighted by atomic mass is 16.6. The number of nitrogens with two attached hydrogens (primary N) is 1. The zero-order valence-electron chi connectivity index (χ0n) is 11.2. The van der Waals surface area contributed by atoms with Crippen molar-refractivity contribution in [2.75, 3.05) is 12.3 Å². The summed E-state index contributed by atoms with van der Waals surface area (Å²) in [4.78, 5) is 23.8. The number of nitrogens with one attached hydrogen (secondary N) is 1. The summed E-state index contributed by atoms with van der Waals surface area (Å²) < 4.78 is 5.14. The number of nitrogen functional groups attached to an aromatic ring is 1. The second-order valence-electron chi connectivity index (χ2n) is 5.26. The summed E-state index contributed by atoms with van der Waals surface area (Å²) in [6.45, 7) is 5.74. The molecular weight excluding hydrogens is 246 g/mol. The van der Waals surface area contributed by atoms with E-state index < -0.39 is 11.7 Å². The summed E-state index contributed by atoms with van der Waals surface area (Å²) in [5, 5.41) is 2.65. The summed E-state index contributed by atoms with van der Waals surface area (Å²) in [6, 6.07) is 0. The molecule has 1 amide bonds. The molecule has 0 saturated carbocycles. The van der Waals surface area contributed by atoms with Gasteiger partial charge in [0.2, 0.25) is 0 Å². The van der Waals surface area contributed by atoms with Crippen LogP contribution in [0.1, 0.15) is 26.5 Å². The molecule has 19 heavy (non-hydrogen) atoms. The van der Waals surface area contributed by atoms with E-state index in [9.17, 15) is 4.79 Å². The molecule has 0 fully saturated rings. The van der Waals surface area contributed by atoms with Crippen molar-refractivity contribution in [3.8, 4) is 0 Å². The number of aromatic nitrogens is 2. The summed E-state index contributed by atoms with van der Waals surface area (Å²) >= 11 is 0. The molecule has 1 aliphatic heterocycles. The summed E-state index contributed by atoms with van der Waals surface area (Å²) in [5.74, 6) is 0.359. The molecule has 102 valence electrons. The standard InChI is InChI=1S/C12H17N5O2/c1-12(2,3)19-11(18)14-5-7-4-8-9(17-7)10(13)16-6-15-8/h6H,4-5H2,1-3H3,(H,14,18)(H2,13,15,16). The molecule has 2 heterocycles. The molecule has 3 N–H and O–H groups in total. The first-order valence-electron chi connectivity index (χ1n) is 5.98. The fraction of sp³-hybridized carbons (Fsp3) is 0.500. The van der Waals surface area contributed by atoms with Crippen LogP contribution in [-0.2, 0) is 11.2 Å². The average molecular weight is 263 g/mol. The number of nitrogens with zero attached hydrogens (tertiary/aromatic N) is 3. The first-order chi connectivity index (χ1) is 8.85. The highest BCUT2D eigenvalue weighted by Gasteiger charge is 2.20. The van der Waals surface area contributed by atoms with Gasteiger partial charge in [-0.05, 0) is 20.8 Å². The summed E-state index contributed by atoms with van der Waals surface area (Å²) in [6.07, 6.45) is 1.51. The van der Waals surface area contributed by atoms with E-state index in [1.54, 1.807) is 0 Å². The first-order valence-corrected chi connectivity index (χ1v) is 5.98. The van der Waals surface area contributed by atoms with E-state index in [0.29, 0.717) is 24.5 Å². The van der Waals surface area contributed by atoms with Gasteiger partial charge < -0.3 is 15.8 Å². The normalized spacial score (nSPS) is 13.7. The average Bonchev–Trinajstić information content (AvgIpc) is 2.68. The van der Waals surface area contributed by atoms with E-state index in [2.05, 4.69) is 20.3 Å². The van der Waals surface area contributed by atoms with Crippen LogP contribution in [-0.4, -0.2) is 33.9 Å². The molecule has 1 aliphatic rings. The topological polar surface area (TPSA) is 102 Å². The van der Waals surface area contributed by atoms with Gasteiger partial charge in [0, 0.05) is 12.1 Å². The number of aliphatic imine (C=N–C) groups is 1. The molecule has 1 aromatic heterocycles. The number of alkyl carbamates (subject to hydrolysis) is 1. The Kier molecular flexibility index (Phi) is 3.37. The molecule has 7 nitrogen and oxygen atoms in total. The van der Waals surface area contributed by atoms with Crippen LogP contribution in [0, 0.1) is 0 Å². The molecule has 0 aliphatic carbocycles. The predicted octanol–water partition coefficient (Wildman–Crippen LogP) is 1.21. The van der Waals surface area contributed by atoms with Gasteiger partial charge in [0.15, 0.2) is 5.82 Å². The molecule has 0 atom stereocenters. The quantitative estimate of drug-likeness (QED) is 0.834. The third-order valence-corrected chi connectivity index (χ3v) is 2.40. The predicted molar refractivity (Wildman–Crippen MR) is 71.5 cm³/mol. The van der Waals surface area contributed by atoms with Gasteiger partial charge in [-0.25, -0.2) is 19.8 Å². The number of hydrogen-bond donors (Lipinski definition) is 2. The molecule has 2 rings (SSSR count). The molecule has 0 aromatic carbocycles. The molecule has 0 bridgehead atoms. The van der Waals surface area contributed by atoms with Gasteiger partial charge in [-0.3, -0.25) is 0 Å². The van der Waals surface area contributed by atoms with Gasteiger partial charge in [-0.1, -0.05) is 0 Å². The minimum atomic E-state index is -0.513. The number of ether oxygens (including phenoxy) is 1. The monoisotopic (exact) mass is 263 g/mol. The lowest BCUT2D eigenvalue weighted by Gasteiger charge is -2.19. The van der Waals surface area contributed by atoms with E-state index >= 15 is 0 Å².